The summed E-state index contributed by atoms with van der Waals surface area (Å²) in [6.45, 7) is 2.95. The van der Waals surface area contributed by atoms with Crippen molar-refractivity contribution >= 4 is 5.91 Å². The van der Waals surface area contributed by atoms with Crippen molar-refractivity contribution in [2.45, 2.75) is 51.1 Å². The highest BCUT2D eigenvalue weighted by atomic mass is 19.4. The summed E-state index contributed by atoms with van der Waals surface area (Å²) in [5, 5.41) is 0. The Labute approximate surface area is 199 Å². The van der Waals surface area contributed by atoms with Gasteiger partial charge in [-0.05, 0) is 56.0 Å². The minimum atomic E-state index is -4.38. The van der Waals surface area contributed by atoms with E-state index in [2.05, 4.69) is 4.98 Å². The van der Waals surface area contributed by atoms with Crippen LogP contribution in [0.1, 0.15) is 52.7 Å². The molecule has 2 unspecified atom stereocenters. The number of halogens is 3. The number of hydrogen-bond donors (Lipinski definition) is 0. The van der Waals surface area contributed by atoms with Gasteiger partial charge in [-0.1, -0.05) is 12.1 Å². The van der Waals surface area contributed by atoms with Gasteiger partial charge in [0.15, 0.2) is 0 Å². The van der Waals surface area contributed by atoms with Gasteiger partial charge in [-0.3, -0.25) is 9.59 Å². The second-order valence-corrected chi connectivity index (χ2v) is 9.03. The molecule has 3 aromatic rings. The lowest BCUT2D eigenvalue weighted by atomic mass is 9.97. The number of pyridine rings is 1. The zero-order chi connectivity index (χ0) is 24.7. The maximum atomic E-state index is 13.2. The molecule has 35 heavy (non-hydrogen) atoms. The standard InChI is InChI=1S/C25H25F3N4O3/c1-16-13-31(15-29-16)20-9-10-21-23(33)30(11-12-32(21)24(20)34)14-19-3-2-4-22(35-19)17-5-7-18(8-6-17)25(26,27)28/h5-10,13,15,19,22H,2-4,11-12,14H2,1H3. The third-order valence-electron chi connectivity index (χ3n) is 6.63. The largest absolute Gasteiger partial charge is 0.416 e. The molecule has 2 aliphatic rings. The number of ether oxygens (including phenoxy) is 1. The number of imidazole rings is 1. The number of alkyl halides is 3. The van der Waals surface area contributed by atoms with Gasteiger partial charge in [0.1, 0.15) is 11.4 Å². The van der Waals surface area contributed by atoms with E-state index in [0.29, 0.717) is 43.0 Å². The Morgan fingerprint density at radius 1 is 1.06 bits per heavy atom. The molecular formula is C25H25F3N4O3. The van der Waals surface area contributed by atoms with Crippen LogP contribution in [0.25, 0.3) is 5.69 Å². The third-order valence-corrected chi connectivity index (χ3v) is 6.63. The molecule has 2 aliphatic heterocycles. The van der Waals surface area contributed by atoms with Crippen molar-refractivity contribution in [1.82, 2.24) is 19.0 Å². The Hall–Kier alpha value is -3.40. The molecule has 0 N–H and O–H groups in total. The number of aromatic nitrogens is 3. The summed E-state index contributed by atoms with van der Waals surface area (Å²) in [4.78, 5) is 32.0. The molecule has 1 amide bonds. The van der Waals surface area contributed by atoms with Crippen LogP contribution in [0.3, 0.4) is 0 Å². The molecule has 2 atom stereocenters. The number of hydrogen-bond acceptors (Lipinski definition) is 4. The first-order chi connectivity index (χ1) is 16.7. The highest BCUT2D eigenvalue weighted by Crippen LogP contribution is 2.34. The van der Waals surface area contributed by atoms with Gasteiger partial charge in [-0.15, -0.1) is 0 Å². The predicted molar refractivity (Wildman–Crippen MR) is 121 cm³/mol. The van der Waals surface area contributed by atoms with Gasteiger partial charge < -0.3 is 18.8 Å². The summed E-state index contributed by atoms with van der Waals surface area (Å²) < 4.78 is 47.9. The van der Waals surface area contributed by atoms with E-state index in [1.807, 2.05) is 6.92 Å². The van der Waals surface area contributed by atoms with Crippen molar-refractivity contribution in [3.63, 3.8) is 0 Å². The van der Waals surface area contributed by atoms with Crippen molar-refractivity contribution in [2.24, 2.45) is 0 Å². The van der Waals surface area contributed by atoms with Crippen LogP contribution >= 0.6 is 0 Å². The minimum absolute atomic E-state index is 0.230. The summed E-state index contributed by atoms with van der Waals surface area (Å²) in [5.74, 6) is -0.234. The molecule has 4 heterocycles. The van der Waals surface area contributed by atoms with Gasteiger partial charge in [-0.25, -0.2) is 4.98 Å². The van der Waals surface area contributed by atoms with Gasteiger partial charge in [0.05, 0.1) is 29.8 Å². The van der Waals surface area contributed by atoms with E-state index >= 15 is 0 Å². The van der Waals surface area contributed by atoms with Crippen LogP contribution in [-0.2, 0) is 17.5 Å². The van der Waals surface area contributed by atoms with Crippen LogP contribution in [0.15, 0.2) is 53.7 Å². The molecule has 1 fully saturated rings. The fourth-order valence-corrected chi connectivity index (χ4v) is 4.79. The molecule has 2 aromatic heterocycles. The summed E-state index contributed by atoms with van der Waals surface area (Å²) in [7, 11) is 0. The van der Waals surface area contributed by atoms with Gasteiger partial charge in [0, 0.05) is 25.8 Å². The number of amides is 1. The quantitative estimate of drug-likeness (QED) is 0.556. The topological polar surface area (TPSA) is 69.4 Å². The van der Waals surface area contributed by atoms with Crippen molar-refractivity contribution in [1.29, 1.82) is 0 Å². The van der Waals surface area contributed by atoms with Crippen molar-refractivity contribution in [3.8, 4) is 5.69 Å². The molecular weight excluding hydrogens is 461 g/mol. The first-order valence-corrected chi connectivity index (χ1v) is 11.6. The number of rotatable bonds is 4. The lowest BCUT2D eigenvalue weighted by Crippen LogP contribution is -2.48. The van der Waals surface area contributed by atoms with Gasteiger partial charge in [0.2, 0.25) is 0 Å². The molecule has 7 nitrogen and oxygen atoms in total. The zero-order valence-electron chi connectivity index (χ0n) is 19.2. The van der Waals surface area contributed by atoms with Crippen molar-refractivity contribution in [3.05, 3.63) is 81.8 Å². The lowest BCUT2D eigenvalue weighted by Gasteiger charge is -2.36. The second kappa shape index (κ2) is 8.99. The Bertz CT molecular complexity index is 1300. The zero-order valence-corrected chi connectivity index (χ0v) is 19.2. The average molecular weight is 486 g/mol. The van der Waals surface area contributed by atoms with Crippen LogP contribution in [0.2, 0.25) is 0 Å². The number of carbonyl (C=O) groups excluding carboxylic acids is 1. The van der Waals surface area contributed by atoms with Crippen LogP contribution < -0.4 is 5.56 Å². The Morgan fingerprint density at radius 2 is 1.83 bits per heavy atom. The number of carbonyl (C=O) groups is 1. The summed E-state index contributed by atoms with van der Waals surface area (Å²) in [6, 6.07) is 8.37. The fraction of sp³-hybridized carbons (Fsp3) is 0.400. The second-order valence-electron chi connectivity index (χ2n) is 9.03. The molecule has 0 aliphatic carbocycles. The monoisotopic (exact) mass is 486 g/mol. The summed E-state index contributed by atoms with van der Waals surface area (Å²) >= 11 is 0. The molecule has 1 aromatic carbocycles. The fourth-order valence-electron chi connectivity index (χ4n) is 4.79. The highest BCUT2D eigenvalue weighted by Gasteiger charge is 2.33. The molecule has 0 radical (unpaired) electrons. The average Bonchev–Trinajstić information content (AvgIpc) is 3.27. The van der Waals surface area contributed by atoms with Crippen LogP contribution in [0, 0.1) is 6.92 Å². The van der Waals surface area contributed by atoms with E-state index in [-0.39, 0.29) is 23.7 Å². The van der Waals surface area contributed by atoms with Gasteiger partial charge in [-0.2, -0.15) is 13.2 Å². The Balaban J connectivity index is 1.28. The number of nitrogens with zero attached hydrogens (tertiary/aromatic N) is 4. The lowest BCUT2D eigenvalue weighted by molar-refractivity contribution is -0.137. The van der Waals surface area contributed by atoms with Crippen LogP contribution in [0.4, 0.5) is 13.2 Å². The van der Waals surface area contributed by atoms with Crippen molar-refractivity contribution < 1.29 is 22.7 Å². The number of benzene rings is 1. The molecule has 10 heteroatoms. The molecule has 1 saturated heterocycles. The van der Waals surface area contributed by atoms with Crippen molar-refractivity contribution in [2.75, 3.05) is 13.1 Å². The maximum absolute atomic E-state index is 13.2. The normalized spacial score (nSPS) is 20.7. The van der Waals surface area contributed by atoms with E-state index in [1.54, 1.807) is 34.1 Å². The molecule has 5 rings (SSSR count). The van der Waals surface area contributed by atoms with E-state index in [9.17, 15) is 22.8 Å². The van der Waals surface area contributed by atoms with E-state index in [1.165, 1.54) is 16.7 Å². The van der Waals surface area contributed by atoms with Crippen LogP contribution in [-0.4, -0.2) is 44.1 Å². The maximum Gasteiger partial charge on any atom is 0.416 e. The van der Waals surface area contributed by atoms with Gasteiger partial charge in [0.25, 0.3) is 11.5 Å². The number of fused-ring (bicyclic) bond motifs is 1. The highest BCUT2D eigenvalue weighted by molar-refractivity contribution is 5.93. The molecule has 0 saturated carbocycles. The number of aryl methyl sites for hydroxylation is 1. The van der Waals surface area contributed by atoms with Crippen LogP contribution in [0.5, 0.6) is 0 Å². The first-order valence-electron chi connectivity index (χ1n) is 11.6. The molecule has 0 spiro atoms. The van der Waals surface area contributed by atoms with E-state index in [4.69, 9.17) is 4.74 Å². The Morgan fingerprint density at radius 3 is 2.51 bits per heavy atom. The minimum Gasteiger partial charge on any atom is -0.368 e. The third kappa shape index (κ3) is 4.62. The molecule has 0 bridgehead atoms. The van der Waals surface area contributed by atoms with Gasteiger partial charge >= 0.3 is 6.18 Å². The predicted octanol–water partition coefficient (Wildman–Crippen LogP) is 4.13. The summed E-state index contributed by atoms with van der Waals surface area (Å²) in [6.07, 6.45) is 0.731. The smallest absolute Gasteiger partial charge is 0.368 e. The SMILES string of the molecule is Cc1cn(-c2ccc3n(c2=O)CCN(CC2CCCC(c4ccc(C(F)(F)F)cc4)O2)C3=O)cn1. The Kier molecular flexibility index (Phi) is 6.00. The van der Waals surface area contributed by atoms with E-state index in [0.717, 1.165) is 30.7 Å². The first kappa shape index (κ1) is 23.3. The summed E-state index contributed by atoms with van der Waals surface area (Å²) in [5.41, 5.74) is 1.32. The van der Waals surface area contributed by atoms with E-state index < -0.39 is 11.7 Å². The molecule has 184 valence electrons.